The van der Waals surface area contributed by atoms with Crippen molar-refractivity contribution in [3.8, 4) is 0 Å². The van der Waals surface area contributed by atoms with E-state index in [1.165, 1.54) is 30.6 Å². The average molecular weight is 402 g/mol. The molecule has 4 aliphatic rings. The van der Waals surface area contributed by atoms with Gasteiger partial charge in [0.25, 0.3) is 5.91 Å². The third kappa shape index (κ3) is 2.95. The molecule has 0 aliphatic heterocycles. The average Bonchev–Trinajstić information content (AvgIpc) is 3.15. The number of ether oxygens (including phenoxy) is 1. The lowest BCUT2D eigenvalue weighted by Gasteiger charge is -2.57. The number of thiophene rings is 1. The summed E-state index contributed by atoms with van der Waals surface area (Å²) in [5, 5.41) is 8.61. The standard InChI is InChI=1S/C21H27N3O3S/c1-11-16-7-17(28-19(16)24(3)23-11)20(26)27-12(2)18(25)22-21-8-13-4-14(9-21)6-15(5-13)10-21/h7,12-15H,4-6,8-10H2,1-3H3,(H,22,25)/t12-,13?,14?,15?,21?/m0/s1. The Morgan fingerprint density at radius 2 is 1.86 bits per heavy atom. The summed E-state index contributed by atoms with van der Waals surface area (Å²) in [6, 6.07) is 1.81. The normalized spacial score (nSPS) is 31.9. The van der Waals surface area contributed by atoms with Gasteiger partial charge in [0.1, 0.15) is 9.71 Å². The van der Waals surface area contributed by atoms with Crippen LogP contribution in [-0.4, -0.2) is 33.3 Å². The smallest absolute Gasteiger partial charge is 0.349 e. The fraction of sp³-hybridized carbons (Fsp3) is 0.667. The predicted molar refractivity (Wildman–Crippen MR) is 107 cm³/mol. The maximum absolute atomic E-state index is 12.8. The number of hydrogen-bond acceptors (Lipinski definition) is 5. The Labute approximate surface area is 168 Å². The van der Waals surface area contributed by atoms with Crippen molar-refractivity contribution in [2.45, 2.75) is 64.0 Å². The number of nitrogens with zero attached hydrogens (tertiary/aromatic N) is 2. The lowest BCUT2D eigenvalue weighted by atomic mass is 9.53. The van der Waals surface area contributed by atoms with Crippen LogP contribution in [0.4, 0.5) is 0 Å². The Morgan fingerprint density at radius 3 is 2.43 bits per heavy atom. The van der Waals surface area contributed by atoms with Gasteiger partial charge in [0, 0.05) is 18.0 Å². The van der Waals surface area contributed by atoms with Crippen LogP contribution >= 0.6 is 11.3 Å². The van der Waals surface area contributed by atoms with Crippen LogP contribution in [0.5, 0.6) is 0 Å². The molecule has 2 aromatic rings. The molecule has 2 heterocycles. The lowest BCUT2D eigenvalue weighted by Crippen LogP contribution is -2.61. The van der Waals surface area contributed by atoms with Crippen LogP contribution in [0.2, 0.25) is 0 Å². The van der Waals surface area contributed by atoms with Crippen molar-refractivity contribution >= 4 is 33.4 Å². The van der Waals surface area contributed by atoms with Crippen molar-refractivity contribution in [1.29, 1.82) is 0 Å². The number of hydrogen-bond donors (Lipinski definition) is 1. The second-order valence-electron chi connectivity index (χ2n) is 9.27. The van der Waals surface area contributed by atoms with E-state index in [1.54, 1.807) is 11.6 Å². The number of carbonyl (C=O) groups is 2. The first-order valence-electron chi connectivity index (χ1n) is 10.3. The second-order valence-corrected chi connectivity index (χ2v) is 10.3. The van der Waals surface area contributed by atoms with E-state index in [0.717, 1.165) is 52.9 Å². The van der Waals surface area contributed by atoms with Crippen molar-refractivity contribution in [3.63, 3.8) is 0 Å². The van der Waals surface area contributed by atoms with Crippen LogP contribution in [0, 0.1) is 24.7 Å². The van der Waals surface area contributed by atoms with Gasteiger partial charge >= 0.3 is 5.97 Å². The molecule has 7 heteroatoms. The Bertz CT molecular complexity index is 890. The summed E-state index contributed by atoms with van der Waals surface area (Å²) in [6.07, 6.45) is 6.49. The number of carbonyl (C=O) groups excluding carboxylic acids is 2. The van der Waals surface area contributed by atoms with Gasteiger partial charge in [-0.15, -0.1) is 11.3 Å². The third-order valence-electron chi connectivity index (χ3n) is 6.98. The summed E-state index contributed by atoms with van der Waals surface area (Å²) < 4.78 is 7.29. The molecule has 4 fully saturated rings. The quantitative estimate of drug-likeness (QED) is 0.795. The molecule has 150 valence electrons. The van der Waals surface area contributed by atoms with E-state index in [9.17, 15) is 9.59 Å². The number of esters is 1. The van der Waals surface area contributed by atoms with E-state index in [2.05, 4.69) is 10.4 Å². The van der Waals surface area contributed by atoms with E-state index in [4.69, 9.17) is 4.74 Å². The van der Waals surface area contributed by atoms with Crippen LogP contribution in [0.3, 0.4) is 0 Å². The molecule has 2 aromatic heterocycles. The zero-order valence-electron chi connectivity index (χ0n) is 16.7. The van der Waals surface area contributed by atoms with Crippen LogP contribution in [0.25, 0.3) is 10.2 Å². The molecule has 0 unspecified atom stereocenters. The highest BCUT2D eigenvalue weighted by Gasteiger charge is 2.51. The molecular weight excluding hydrogens is 374 g/mol. The van der Waals surface area contributed by atoms with Gasteiger partial charge in [0.05, 0.1) is 5.69 Å². The van der Waals surface area contributed by atoms with E-state index >= 15 is 0 Å². The molecule has 1 N–H and O–H groups in total. The zero-order chi connectivity index (χ0) is 19.6. The molecule has 4 bridgehead atoms. The second kappa shape index (κ2) is 6.31. The highest BCUT2D eigenvalue weighted by atomic mass is 32.1. The monoisotopic (exact) mass is 401 g/mol. The van der Waals surface area contributed by atoms with Gasteiger partial charge in [0.2, 0.25) is 0 Å². The van der Waals surface area contributed by atoms with E-state index in [1.807, 2.05) is 20.0 Å². The van der Waals surface area contributed by atoms with Crippen LogP contribution in [-0.2, 0) is 16.6 Å². The van der Waals surface area contributed by atoms with Gasteiger partial charge < -0.3 is 10.1 Å². The molecule has 1 amide bonds. The summed E-state index contributed by atoms with van der Waals surface area (Å²) in [7, 11) is 1.86. The molecule has 0 aromatic carbocycles. The minimum absolute atomic E-state index is 0.0626. The van der Waals surface area contributed by atoms with Crippen molar-refractivity contribution in [2.75, 3.05) is 0 Å². The first-order valence-corrected chi connectivity index (χ1v) is 11.1. The zero-order valence-corrected chi connectivity index (χ0v) is 17.5. The van der Waals surface area contributed by atoms with Crippen LogP contribution < -0.4 is 5.32 Å². The fourth-order valence-electron chi connectivity index (χ4n) is 6.20. The molecule has 6 nitrogen and oxygen atoms in total. The molecular formula is C21H27N3O3S. The number of nitrogens with one attached hydrogen (secondary N) is 1. The SMILES string of the molecule is Cc1nn(C)c2sc(C(=O)O[C@@H](C)C(=O)NC34CC5CC(CC(C5)C3)C4)cc12. The number of fused-ring (bicyclic) bond motifs is 1. The van der Waals surface area contributed by atoms with Gasteiger partial charge in [0.15, 0.2) is 6.10 Å². The first-order chi connectivity index (χ1) is 13.3. The summed E-state index contributed by atoms with van der Waals surface area (Å²) >= 11 is 1.36. The fourth-order valence-corrected chi connectivity index (χ4v) is 7.21. The predicted octanol–water partition coefficient (Wildman–Crippen LogP) is 3.57. The maximum atomic E-state index is 12.8. The van der Waals surface area contributed by atoms with Gasteiger partial charge in [-0.05, 0) is 76.2 Å². The molecule has 28 heavy (non-hydrogen) atoms. The molecule has 6 rings (SSSR count). The number of amides is 1. The summed E-state index contributed by atoms with van der Waals surface area (Å²) in [5.41, 5.74) is 0.827. The third-order valence-corrected chi connectivity index (χ3v) is 8.16. The van der Waals surface area contributed by atoms with Gasteiger partial charge in [-0.25, -0.2) is 4.79 Å². The Hall–Kier alpha value is -1.89. The lowest BCUT2D eigenvalue weighted by molar-refractivity contribution is -0.134. The summed E-state index contributed by atoms with van der Waals surface area (Å²) in [6.45, 7) is 3.60. The molecule has 4 aliphatic carbocycles. The number of aromatic nitrogens is 2. The summed E-state index contributed by atoms with van der Waals surface area (Å²) in [4.78, 5) is 26.9. The Morgan fingerprint density at radius 1 is 1.25 bits per heavy atom. The molecule has 4 saturated carbocycles. The van der Waals surface area contributed by atoms with Crippen molar-refractivity contribution in [2.24, 2.45) is 24.8 Å². The van der Waals surface area contributed by atoms with Gasteiger partial charge in [-0.1, -0.05) is 0 Å². The minimum atomic E-state index is -0.787. The van der Waals surface area contributed by atoms with Crippen molar-refractivity contribution < 1.29 is 14.3 Å². The highest BCUT2D eigenvalue weighted by Crippen LogP contribution is 2.55. The Balaban J connectivity index is 1.26. The minimum Gasteiger partial charge on any atom is -0.448 e. The van der Waals surface area contributed by atoms with Crippen LogP contribution in [0.15, 0.2) is 6.07 Å². The van der Waals surface area contributed by atoms with E-state index < -0.39 is 12.1 Å². The van der Waals surface area contributed by atoms with Gasteiger partial charge in [-0.2, -0.15) is 5.10 Å². The Kier molecular flexibility index (Phi) is 4.09. The largest absolute Gasteiger partial charge is 0.448 e. The van der Waals surface area contributed by atoms with E-state index in [0.29, 0.717) is 4.88 Å². The van der Waals surface area contributed by atoms with E-state index in [-0.39, 0.29) is 11.4 Å². The number of rotatable bonds is 4. The molecule has 0 radical (unpaired) electrons. The molecule has 1 atom stereocenters. The van der Waals surface area contributed by atoms with Crippen molar-refractivity contribution in [1.82, 2.24) is 15.1 Å². The summed E-state index contributed by atoms with van der Waals surface area (Å²) in [5.74, 6) is 1.70. The van der Waals surface area contributed by atoms with Gasteiger partial charge in [-0.3, -0.25) is 9.48 Å². The van der Waals surface area contributed by atoms with Crippen molar-refractivity contribution in [3.05, 3.63) is 16.6 Å². The number of aryl methyl sites for hydroxylation is 2. The maximum Gasteiger partial charge on any atom is 0.349 e. The highest BCUT2D eigenvalue weighted by molar-refractivity contribution is 7.20. The van der Waals surface area contributed by atoms with Crippen LogP contribution in [0.1, 0.15) is 60.8 Å². The first kappa shape index (κ1) is 18.2. The molecule has 0 saturated heterocycles. The topological polar surface area (TPSA) is 73.2 Å². The molecule has 0 spiro atoms.